The van der Waals surface area contributed by atoms with Crippen LogP contribution in [0.1, 0.15) is 21.7 Å². The Morgan fingerprint density at radius 3 is 2.39 bits per heavy atom. The molecule has 0 saturated heterocycles. The first-order valence-corrected chi connectivity index (χ1v) is 12.8. The number of nitrogens with one attached hydrogen (secondary N) is 1. The van der Waals surface area contributed by atoms with Crippen molar-refractivity contribution in [2.24, 2.45) is 0 Å². The summed E-state index contributed by atoms with van der Waals surface area (Å²) in [6, 6.07) is 10.7. The number of esters is 1. The van der Waals surface area contributed by atoms with Crippen LogP contribution < -0.4 is 10.1 Å². The van der Waals surface area contributed by atoms with Crippen LogP contribution in [-0.2, 0) is 19.6 Å². The Labute approximate surface area is 219 Å². The number of nitrogens with zero attached hydrogens (tertiary/aromatic N) is 2. The number of benzene rings is 2. The summed E-state index contributed by atoms with van der Waals surface area (Å²) in [6.07, 6.45) is 0. The first-order chi connectivity index (χ1) is 16.9. The Morgan fingerprint density at radius 2 is 1.75 bits per heavy atom. The lowest BCUT2D eigenvalue weighted by Gasteiger charge is -2.14. The SMILES string of the molecule is COc1ccc(Cl)cc1-n1c(C)cc(C(=O)OCC(=O)Nc2cc(S(=O)(=O)N(C)C)ccc2Cl)c1C. The average molecular weight is 554 g/mol. The molecule has 12 heteroatoms. The molecule has 0 unspecified atom stereocenters. The van der Waals surface area contributed by atoms with Crippen molar-refractivity contribution >= 4 is 50.8 Å². The molecule has 0 saturated carbocycles. The van der Waals surface area contributed by atoms with E-state index < -0.39 is 28.5 Å². The van der Waals surface area contributed by atoms with Crippen LogP contribution in [-0.4, -0.2) is 57.0 Å². The van der Waals surface area contributed by atoms with E-state index in [2.05, 4.69) is 5.32 Å². The second kappa shape index (κ2) is 10.9. The topological polar surface area (TPSA) is 107 Å². The number of hydrogen-bond acceptors (Lipinski definition) is 6. The lowest BCUT2D eigenvalue weighted by atomic mass is 10.2. The number of methoxy groups -OCH3 is 1. The summed E-state index contributed by atoms with van der Waals surface area (Å²) in [7, 11) is 0.582. The molecule has 3 rings (SSSR count). The zero-order valence-electron chi connectivity index (χ0n) is 20.3. The lowest BCUT2D eigenvalue weighted by molar-refractivity contribution is -0.119. The highest BCUT2D eigenvalue weighted by Gasteiger charge is 2.22. The number of ether oxygens (including phenoxy) is 2. The molecule has 3 aromatic rings. The van der Waals surface area contributed by atoms with Crippen molar-refractivity contribution in [3.63, 3.8) is 0 Å². The number of hydrogen-bond donors (Lipinski definition) is 1. The van der Waals surface area contributed by atoms with Crippen LogP contribution in [0, 0.1) is 13.8 Å². The Balaban J connectivity index is 1.76. The maximum Gasteiger partial charge on any atom is 0.340 e. The number of rotatable bonds is 8. The van der Waals surface area contributed by atoms with Crippen LogP contribution in [0.2, 0.25) is 10.0 Å². The van der Waals surface area contributed by atoms with E-state index in [0.717, 1.165) is 10.00 Å². The summed E-state index contributed by atoms with van der Waals surface area (Å²) in [5.41, 5.74) is 2.29. The largest absolute Gasteiger partial charge is 0.495 e. The molecule has 0 bridgehead atoms. The average Bonchev–Trinajstić information content (AvgIpc) is 3.12. The van der Waals surface area contributed by atoms with Gasteiger partial charge in [0.05, 0.1) is 34.0 Å². The number of aromatic nitrogens is 1. The van der Waals surface area contributed by atoms with Gasteiger partial charge in [-0.2, -0.15) is 0 Å². The van der Waals surface area contributed by atoms with E-state index in [1.807, 2.05) is 6.92 Å². The maximum atomic E-state index is 12.8. The van der Waals surface area contributed by atoms with Crippen molar-refractivity contribution in [3.8, 4) is 11.4 Å². The van der Waals surface area contributed by atoms with Crippen LogP contribution in [0.15, 0.2) is 47.4 Å². The predicted octanol–water partition coefficient (Wildman–Crippen LogP) is 4.46. The van der Waals surface area contributed by atoms with E-state index in [0.29, 0.717) is 22.2 Å². The minimum atomic E-state index is -3.73. The summed E-state index contributed by atoms with van der Waals surface area (Å²) in [4.78, 5) is 25.2. The minimum absolute atomic E-state index is 0.0481. The highest BCUT2D eigenvalue weighted by molar-refractivity contribution is 7.89. The van der Waals surface area contributed by atoms with Gasteiger partial charge in [0.15, 0.2) is 6.61 Å². The van der Waals surface area contributed by atoms with Crippen molar-refractivity contribution in [3.05, 3.63) is 69.5 Å². The number of halogens is 2. The number of carbonyl (C=O) groups is 2. The molecule has 0 radical (unpaired) electrons. The monoisotopic (exact) mass is 553 g/mol. The van der Waals surface area contributed by atoms with E-state index in [-0.39, 0.29) is 21.2 Å². The number of amides is 1. The van der Waals surface area contributed by atoms with Crippen LogP contribution in [0.3, 0.4) is 0 Å². The summed E-state index contributed by atoms with van der Waals surface area (Å²) >= 11 is 12.3. The van der Waals surface area contributed by atoms with E-state index in [9.17, 15) is 18.0 Å². The normalized spacial score (nSPS) is 11.4. The van der Waals surface area contributed by atoms with Gasteiger partial charge >= 0.3 is 5.97 Å². The zero-order chi connectivity index (χ0) is 26.8. The molecular formula is C24H25Cl2N3O6S. The molecule has 1 heterocycles. The van der Waals surface area contributed by atoms with E-state index in [1.54, 1.807) is 35.8 Å². The van der Waals surface area contributed by atoms with Gasteiger partial charge < -0.3 is 19.4 Å². The van der Waals surface area contributed by atoms with Crippen molar-refractivity contribution in [1.82, 2.24) is 8.87 Å². The van der Waals surface area contributed by atoms with Gasteiger partial charge in [-0.15, -0.1) is 0 Å². The molecule has 192 valence electrons. The fourth-order valence-corrected chi connectivity index (χ4v) is 4.80. The fraction of sp³-hybridized carbons (Fsp3) is 0.250. The van der Waals surface area contributed by atoms with Gasteiger partial charge in [-0.25, -0.2) is 17.5 Å². The molecule has 0 fully saturated rings. The number of anilines is 1. The molecule has 0 aliphatic carbocycles. The third-order valence-electron chi connectivity index (χ3n) is 5.36. The highest BCUT2D eigenvalue weighted by atomic mass is 35.5. The van der Waals surface area contributed by atoms with Crippen LogP contribution in [0.5, 0.6) is 5.75 Å². The summed E-state index contributed by atoms with van der Waals surface area (Å²) in [5.74, 6) is -0.827. The van der Waals surface area contributed by atoms with Crippen LogP contribution in [0.25, 0.3) is 5.69 Å². The van der Waals surface area contributed by atoms with Crippen molar-refractivity contribution in [2.75, 3.05) is 33.1 Å². The third-order valence-corrected chi connectivity index (χ3v) is 7.73. The molecule has 0 atom stereocenters. The molecule has 2 aromatic carbocycles. The molecule has 1 amide bonds. The number of sulfonamides is 1. The molecule has 9 nitrogen and oxygen atoms in total. The van der Waals surface area contributed by atoms with Gasteiger partial charge in [-0.3, -0.25) is 4.79 Å². The van der Waals surface area contributed by atoms with Gasteiger partial charge in [0.25, 0.3) is 5.91 Å². The molecule has 1 aromatic heterocycles. The third kappa shape index (κ3) is 5.67. The standard InChI is InChI=1S/C24H25Cl2N3O6S/c1-14-10-18(15(2)29(14)21-11-16(25)6-9-22(21)34-5)24(31)35-13-23(30)27-20-12-17(7-8-19(20)26)36(32,33)28(3)4/h6-12H,13H2,1-5H3,(H,27,30). The smallest absolute Gasteiger partial charge is 0.340 e. The first kappa shape index (κ1) is 27.5. The van der Waals surface area contributed by atoms with E-state index >= 15 is 0 Å². The first-order valence-electron chi connectivity index (χ1n) is 10.6. The van der Waals surface area contributed by atoms with Crippen molar-refractivity contribution in [2.45, 2.75) is 18.7 Å². The summed E-state index contributed by atoms with van der Waals surface area (Å²) < 4.78 is 38.2. The fourth-order valence-electron chi connectivity index (χ4n) is 3.54. The summed E-state index contributed by atoms with van der Waals surface area (Å²) in [6.45, 7) is 2.94. The second-order valence-electron chi connectivity index (χ2n) is 7.99. The van der Waals surface area contributed by atoms with Gasteiger partial charge in [0.2, 0.25) is 10.0 Å². The summed E-state index contributed by atoms with van der Waals surface area (Å²) in [5, 5.41) is 3.11. The Bertz CT molecular complexity index is 1430. The van der Waals surface area contributed by atoms with Gasteiger partial charge in [0, 0.05) is 30.5 Å². The van der Waals surface area contributed by atoms with Crippen LogP contribution >= 0.6 is 23.2 Å². The van der Waals surface area contributed by atoms with Gasteiger partial charge in [-0.05, 0) is 56.3 Å². The Morgan fingerprint density at radius 1 is 1.06 bits per heavy atom. The van der Waals surface area contributed by atoms with E-state index in [4.69, 9.17) is 32.7 Å². The molecule has 1 N–H and O–H groups in total. The minimum Gasteiger partial charge on any atom is -0.495 e. The molecule has 36 heavy (non-hydrogen) atoms. The van der Waals surface area contributed by atoms with Gasteiger partial charge in [-0.1, -0.05) is 23.2 Å². The molecular weight excluding hydrogens is 529 g/mol. The predicted molar refractivity (Wildman–Crippen MR) is 138 cm³/mol. The number of carbonyl (C=O) groups excluding carboxylic acids is 2. The van der Waals surface area contributed by atoms with Crippen molar-refractivity contribution < 1.29 is 27.5 Å². The molecule has 0 aliphatic heterocycles. The Kier molecular flexibility index (Phi) is 8.35. The molecule has 0 aliphatic rings. The van der Waals surface area contributed by atoms with Crippen molar-refractivity contribution in [1.29, 1.82) is 0 Å². The Hall–Kier alpha value is -3.05. The van der Waals surface area contributed by atoms with E-state index in [1.165, 1.54) is 39.4 Å². The quantitative estimate of drug-likeness (QED) is 0.413. The number of aryl methyl sites for hydroxylation is 1. The van der Waals surface area contributed by atoms with Crippen LogP contribution in [0.4, 0.5) is 5.69 Å². The zero-order valence-corrected chi connectivity index (χ0v) is 22.6. The lowest BCUT2D eigenvalue weighted by Crippen LogP contribution is -2.23. The highest BCUT2D eigenvalue weighted by Crippen LogP contribution is 2.31. The second-order valence-corrected chi connectivity index (χ2v) is 11.0. The maximum absolute atomic E-state index is 12.8. The van der Waals surface area contributed by atoms with Gasteiger partial charge in [0.1, 0.15) is 5.75 Å². The molecule has 0 spiro atoms.